The van der Waals surface area contributed by atoms with Crippen molar-refractivity contribution in [2.24, 2.45) is 0 Å². The summed E-state index contributed by atoms with van der Waals surface area (Å²) >= 11 is 1.11. The second-order valence-corrected chi connectivity index (χ2v) is 4.37. The molecule has 0 aromatic carbocycles. The van der Waals surface area contributed by atoms with Crippen LogP contribution in [0.3, 0.4) is 0 Å². The van der Waals surface area contributed by atoms with Gasteiger partial charge in [0.15, 0.2) is 0 Å². The summed E-state index contributed by atoms with van der Waals surface area (Å²) in [7, 11) is 0. The summed E-state index contributed by atoms with van der Waals surface area (Å²) in [6.07, 6.45) is -3.59. The first kappa shape index (κ1) is 12.4. The van der Waals surface area contributed by atoms with Crippen LogP contribution in [-0.4, -0.2) is 17.7 Å². The Morgan fingerprint density at radius 2 is 2.20 bits per heavy atom. The van der Waals surface area contributed by atoms with Gasteiger partial charge in [0, 0.05) is 17.1 Å². The van der Waals surface area contributed by atoms with Crippen molar-refractivity contribution in [2.75, 3.05) is 6.54 Å². The number of thiazole rings is 1. The van der Waals surface area contributed by atoms with Crippen LogP contribution in [0.2, 0.25) is 0 Å². The van der Waals surface area contributed by atoms with E-state index < -0.39 is 12.6 Å². The van der Waals surface area contributed by atoms with Crippen LogP contribution in [0.25, 0.3) is 0 Å². The van der Waals surface area contributed by atoms with Gasteiger partial charge in [0.2, 0.25) is 0 Å². The van der Waals surface area contributed by atoms with Crippen molar-refractivity contribution in [3.05, 3.63) is 16.1 Å². The first-order valence-electron chi connectivity index (χ1n) is 4.67. The molecule has 0 aliphatic carbocycles. The molecule has 1 N–H and O–H groups in total. The molecule has 15 heavy (non-hydrogen) atoms. The van der Waals surface area contributed by atoms with Crippen molar-refractivity contribution in [3.8, 4) is 0 Å². The summed E-state index contributed by atoms with van der Waals surface area (Å²) < 4.78 is 36.2. The van der Waals surface area contributed by atoms with Gasteiger partial charge >= 0.3 is 6.18 Å². The van der Waals surface area contributed by atoms with Crippen molar-refractivity contribution in [3.63, 3.8) is 0 Å². The van der Waals surface area contributed by atoms with Crippen LogP contribution in [0.15, 0.2) is 6.20 Å². The maximum absolute atomic E-state index is 12.1. The normalized spacial score (nSPS) is 14.2. The summed E-state index contributed by atoms with van der Waals surface area (Å²) in [4.78, 5) is 4.61. The number of halogens is 3. The molecule has 0 spiro atoms. The molecule has 1 aromatic rings. The summed E-state index contributed by atoms with van der Waals surface area (Å²) in [5.41, 5.74) is 0. The minimum Gasteiger partial charge on any atom is -0.310 e. The maximum Gasteiger partial charge on any atom is 0.395 e. The molecule has 0 saturated carbocycles. The predicted octanol–water partition coefficient (Wildman–Crippen LogP) is 2.92. The lowest BCUT2D eigenvalue weighted by molar-refractivity contribution is -0.127. The van der Waals surface area contributed by atoms with Gasteiger partial charge in [-0.25, -0.2) is 4.98 Å². The molecule has 0 radical (unpaired) electrons. The van der Waals surface area contributed by atoms with Gasteiger partial charge in [0.25, 0.3) is 0 Å². The third-order valence-corrected chi connectivity index (χ3v) is 3.04. The smallest absolute Gasteiger partial charge is 0.310 e. The Labute approximate surface area is 90.5 Å². The Bertz CT molecular complexity index is 309. The summed E-state index contributed by atoms with van der Waals surface area (Å²) in [6.45, 7) is 4.65. The van der Waals surface area contributed by atoms with Crippen molar-refractivity contribution in [1.29, 1.82) is 0 Å². The van der Waals surface area contributed by atoms with E-state index in [2.05, 4.69) is 10.3 Å². The molecule has 6 heteroatoms. The van der Waals surface area contributed by atoms with Gasteiger partial charge in [0.05, 0.1) is 6.42 Å². The molecule has 2 nitrogen and oxygen atoms in total. The number of rotatable bonds is 4. The number of alkyl halides is 3. The van der Waals surface area contributed by atoms with E-state index in [0.29, 0.717) is 0 Å². The fourth-order valence-corrected chi connectivity index (χ4v) is 2.16. The first-order chi connectivity index (χ1) is 6.92. The molecule has 1 aromatic heterocycles. The largest absolute Gasteiger partial charge is 0.395 e. The maximum atomic E-state index is 12.1. The van der Waals surface area contributed by atoms with E-state index in [0.717, 1.165) is 22.8 Å². The van der Waals surface area contributed by atoms with Crippen LogP contribution in [0, 0.1) is 0 Å². The predicted molar refractivity (Wildman–Crippen MR) is 54.0 cm³/mol. The van der Waals surface area contributed by atoms with Gasteiger partial charge in [0.1, 0.15) is 5.01 Å². The van der Waals surface area contributed by atoms with Gasteiger partial charge in [-0.2, -0.15) is 13.2 Å². The lowest BCUT2D eigenvalue weighted by Gasteiger charge is -2.08. The van der Waals surface area contributed by atoms with Gasteiger partial charge in [-0.3, -0.25) is 0 Å². The molecule has 0 aliphatic rings. The lowest BCUT2D eigenvalue weighted by atomic mass is 10.3. The zero-order valence-corrected chi connectivity index (χ0v) is 9.37. The van der Waals surface area contributed by atoms with Crippen molar-refractivity contribution >= 4 is 11.3 Å². The van der Waals surface area contributed by atoms with Crippen molar-refractivity contribution < 1.29 is 13.2 Å². The number of nitrogens with zero attached hydrogens (tertiary/aromatic N) is 1. The Hall–Kier alpha value is -0.620. The highest BCUT2D eigenvalue weighted by Gasteiger charge is 2.29. The third kappa shape index (κ3) is 4.17. The van der Waals surface area contributed by atoms with E-state index in [1.807, 2.05) is 13.8 Å². The van der Waals surface area contributed by atoms with E-state index in [-0.39, 0.29) is 11.0 Å². The Morgan fingerprint density at radius 3 is 2.73 bits per heavy atom. The molecular weight excluding hydrogens is 225 g/mol. The number of hydrogen-bond acceptors (Lipinski definition) is 3. The molecule has 0 bridgehead atoms. The summed E-state index contributed by atoms with van der Waals surface area (Å²) in [5, 5.41) is 3.25. The minimum absolute atomic E-state index is 0.0643. The number of nitrogens with one attached hydrogen (secondary N) is 1. The van der Waals surface area contributed by atoms with Gasteiger partial charge in [-0.1, -0.05) is 6.92 Å². The van der Waals surface area contributed by atoms with Crippen LogP contribution < -0.4 is 5.32 Å². The van der Waals surface area contributed by atoms with E-state index in [1.54, 1.807) is 0 Å². The highest BCUT2D eigenvalue weighted by atomic mass is 32.1. The third-order valence-electron chi connectivity index (χ3n) is 1.86. The second kappa shape index (κ2) is 4.94. The van der Waals surface area contributed by atoms with Crippen molar-refractivity contribution in [1.82, 2.24) is 10.3 Å². The summed E-state index contributed by atoms with van der Waals surface area (Å²) in [6, 6.07) is 0.0643. The van der Waals surface area contributed by atoms with E-state index in [4.69, 9.17) is 0 Å². The van der Waals surface area contributed by atoms with E-state index in [9.17, 15) is 13.2 Å². The Balaban J connectivity index is 2.64. The second-order valence-electron chi connectivity index (χ2n) is 3.23. The highest BCUT2D eigenvalue weighted by Crippen LogP contribution is 2.26. The molecule has 0 amide bonds. The van der Waals surface area contributed by atoms with Gasteiger partial charge in [-0.15, -0.1) is 11.3 Å². The summed E-state index contributed by atoms with van der Waals surface area (Å²) in [5.74, 6) is 0. The number of aromatic nitrogens is 1. The molecule has 1 unspecified atom stereocenters. The van der Waals surface area contributed by atoms with Crippen LogP contribution in [-0.2, 0) is 6.42 Å². The average molecular weight is 238 g/mol. The SMILES string of the molecule is CCNC(C)c1cnc(CC(F)(F)F)s1. The molecule has 1 rings (SSSR count). The zero-order chi connectivity index (χ0) is 11.5. The minimum atomic E-state index is -4.17. The van der Waals surface area contributed by atoms with Gasteiger partial charge in [-0.05, 0) is 13.5 Å². The standard InChI is InChI=1S/C9H13F3N2S/c1-3-13-6(2)7-5-14-8(15-7)4-9(10,11)12/h5-6,13H,3-4H2,1-2H3. The monoisotopic (exact) mass is 238 g/mol. The van der Waals surface area contributed by atoms with E-state index in [1.165, 1.54) is 6.20 Å². The molecule has 86 valence electrons. The quantitative estimate of drug-likeness (QED) is 0.872. The fraction of sp³-hybridized carbons (Fsp3) is 0.667. The Kier molecular flexibility index (Phi) is 4.10. The van der Waals surface area contributed by atoms with Crippen molar-refractivity contribution in [2.45, 2.75) is 32.5 Å². The first-order valence-corrected chi connectivity index (χ1v) is 5.48. The number of hydrogen-bond donors (Lipinski definition) is 1. The zero-order valence-electron chi connectivity index (χ0n) is 8.56. The topological polar surface area (TPSA) is 24.9 Å². The van der Waals surface area contributed by atoms with E-state index >= 15 is 0 Å². The molecule has 1 heterocycles. The van der Waals surface area contributed by atoms with Crippen LogP contribution in [0.1, 0.15) is 29.8 Å². The van der Waals surface area contributed by atoms with Crippen LogP contribution >= 0.6 is 11.3 Å². The fourth-order valence-electron chi connectivity index (χ4n) is 1.18. The van der Waals surface area contributed by atoms with Crippen LogP contribution in [0.5, 0.6) is 0 Å². The molecule has 0 fully saturated rings. The molecule has 1 atom stereocenters. The van der Waals surface area contributed by atoms with Crippen LogP contribution in [0.4, 0.5) is 13.2 Å². The Morgan fingerprint density at radius 1 is 1.53 bits per heavy atom. The molecule has 0 saturated heterocycles. The lowest BCUT2D eigenvalue weighted by Crippen LogP contribution is -2.16. The van der Waals surface area contributed by atoms with Gasteiger partial charge < -0.3 is 5.32 Å². The molecular formula is C9H13F3N2S. The highest BCUT2D eigenvalue weighted by molar-refractivity contribution is 7.11. The molecule has 0 aliphatic heterocycles. The average Bonchev–Trinajstić information content (AvgIpc) is 2.50.